The number of carboxylic acid groups (broad SMARTS) is 1. The van der Waals surface area contributed by atoms with Crippen molar-refractivity contribution in [1.29, 1.82) is 0 Å². The summed E-state index contributed by atoms with van der Waals surface area (Å²) in [7, 11) is -3.76. The molecule has 1 fully saturated rings. The van der Waals surface area contributed by atoms with Crippen molar-refractivity contribution < 1.29 is 18.3 Å². The van der Waals surface area contributed by atoms with E-state index in [1.807, 2.05) is 16.8 Å². The van der Waals surface area contributed by atoms with Gasteiger partial charge < -0.3 is 5.11 Å². The maximum Gasteiger partial charge on any atom is 0.322 e. The average Bonchev–Trinajstić information content (AvgIpc) is 2.89. The summed E-state index contributed by atoms with van der Waals surface area (Å²) in [5, 5.41) is 13.0. The van der Waals surface area contributed by atoms with Crippen LogP contribution in [0.3, 0.4) is 0 Å². The SMILES string of the molecule is O=C(O)C(Cc1ccsc1)NS(=O)(=O)N1CCCCCCC1. The lowest BCUT2D eigenvalue weighted by Crippen LogP contribution is -2.49. The molecule has 2 N–H and O–H groups in total. The fraction of sp³-hybridized carbons (Fsp3) is 0.643. The van der Waals surface area contributed by atoms with E-state index in [1.54, 1.807) is 0 Å². The van der Waals surface area contributed by atoms with Gasteiger partial charge in [0.25, 0.3) is 10.2 Å². The summed E-state index contributed by atoms with van der Waals surface area (Å²) in [5.41, 5.74) is 0.827. The van der Waals surface area contributed by atoms with Crippen LogP contribution in [0, 0.1) is 0 Å². The standard InChI is InChI=1S/C14H22N2O4S2/c17-14(18)13(10-12-6-9-21-11-12)15-22(19,20)16-7-4-2-1-3-5-8-16/h6,9,11,13,15H,1-5,7-8,10H2,(H,17,18). The van der Waals surface area contributed by atoms with Crippen molar-refractivity contribution in [3.63, 3.8) is 0 Å². The molecule has 8 heteroatoms. The molecule has 1 atom stereocenters. The average molecular weight is 346 g/mol. The normalized spacial score (nSPS) is 19.3. The molecule has 1 aromatic heterocycles. The summed E-state index contributed by atoms with van der Waals surface area (Å²) in [4.78, 5) is 11.4. The fourth-order valence-electron chi connectivity index (χ4n) is 2.54. The predicted octanol–water partition coefficient (Wildman–Crippen LogP) is 1.84. The molecule has 6 nitrogen and oxygen atoms in total. The number of hydrogen-bond acceptors (Lipinski definition) is 4. The second-order valence-electron chi connectivity index (χ2n) is 5.52. The predicted molar refractivity (Wildman–Crippen MR) is 86.2 cm³/mol. The smallest absolute Gasteiger partial charge is 0.322 e. The van der Waals surface area contributed by atoms with E-state index < -0.39 is 22.2 Å². The summed E-state index contributed by atoms with van der Waals surface area (Å²) in [6.45, 7) is 0.917. The zero-order chi connectivity index (χ0) is 16.0. The molecule has 2 rings (SSSR count). The molecular weight excluding hydrogens is 324 g/mol. The molecule has 0 spiro atoms. The van der Waals surface area contributed by atoms with Crippen LogP contribution in [0.2, 0.25) is 0 Å². The van der Waals surface area contributed by atoms with Crippen LogP contribution in [0.1, 0.15) is 37.7 Å². The van der Waals surface area contributed by atoms with Crippen LogP contribution in [-0.4, -0.2) is 42.9 Å². The van der Waals surface area contributed by atoms with Gasteiger partial charge >= 0.3 is 5.97 Å². The molecule has 22 heavy (non-hydrogen) atoms. The highest BCUT2D eigenvalue weighted by Gasteiger charge is 2.29. The van der Waals surface area contributed by atoms with E-state index in [-0.39, 0.29) is 6.42 Å². The van der Waals surface area contributed by atoms with Gasteiger partial charge in [0, 0.05) is 19.5 Å². The van der Waals surface area contributed by atoms with E-state index in [9.17, 15) is 18.3 Å². The van der Waals surface area contributed by atoms with Crippen LogP contribution in [0.5, 0.6) is 0 Å². The highest BCUT2D eigenvalue weighted by Crippen LogP contribution is 2.14. The highest BCUT2D eigenvalue weighted by molar-refractivity contribution is 7.87. The lowest BCUT2D eigenvalue weighted by atomic mass is 10.1. The molecule has 0 aliphatic carbocycles. The van der Waals surface area contributed by atoms with Gasteiger partial charge in [-0.2, -0.15) is 28.8 Å². The monoisotopic (exact) mass is 346 g/mol. The summed E-state index contributed by atoms with van der Waals surface area (Å²) in [6, 6.07) is 0.676. The number of thiophene rings is 1. The minimum Gasteiger partial charge on any atom is -0.480 e. The number of hydrogen-bond donors (Lipinski definition) is 2. The lowest BCUT2D eigenvalue weighted by Gasteiger charge is -2.26. The van der Waals surface area contributed by atoms with Crippen molar-refractivity contribution in [2.45, 2.75) is 44.6 Å². The highest BCUT2D eigenvalue weighted by atomic mass is 32.2. The molecule has 0 saturated carbocycles. The number of carbonyl (C=O) groups is 1. The fourth-order valence-corrected chi connectivity index (χ4v) is 4.65. The van der Waals surface area contributed by atoms with Gasteiger partial charge in [-0.3, -0.25) is 4.79 Å². The van der Waals surface area contributed by atoms with E-state index in [2.05, 4.69) is 4.72 Å². The first-order chi connectivity index (χ1) is 10.5. The van der Waals surface area contributed by atoms with Crippen LogP contribution >= 0.6 is 11.3 Å². The number of nitrogens with one attached hydrogen (secondary N) is 1. The quantitative estimate of drug-likeness (QED) is 0.823. The van der Waals surface area contributed by atoms with Crippen LogP contribution in [0.25, 0.3) is 0 Å². The molecule has 1 unspecified atom stereocenters. The van der Waals surface area contributed by atoms with Crippen molar-refractivity contribution in [2.24, 2.45) is 0 Å². The summed E-state index contributed by atoms with van der Waals surface area (Å²) < 4.78 is 28.6. The molecule has 0 amide bonds. The van der Waals surface area contributed by atoms with E-state index >= 15 is 0 Å². The molecule has 2 heterocycles. The molecule has 1 saturated heterocycles. The van der Waals surface area contributed by atoms with Crippen LogP contribution in [0.15, 0.2) is 16.8 Å². The third-order valence-electron chi connectivity index (χ3n) is 3.76. The van der Waals surface area contributed by atoms with Crippen molar-refractivity contribution in [3.8, 4) is 0 Å². The first kappa shape index (κ1) is 17.4. The van der Waals surface area contributed by atoms with Crippen LogP contribution in [-0.2, 0) is 21.4 Å². The number of rotatable bonds is 6. The Kier molecular flexibility index (Phi) is 6.37. The molecule has 124 valence electrons. The van der Waals surface area contributed by atoms with Gasteiger partial charge in [-0.25, -0.2) is 0 Å². The van der Waals surface area contributed by atoms with Crippen molar-refractivity contribution >= 4 is 27.5 Å². The topological polar surface area (TPSA) is 86.7 Å². The van der Waals surface area contributed by atoms with Gasteiger partial charge in [0.05, 0.1) is 0 Å². The molecule has 0 bridgehead atoms. The minimum absolute atomic E-state index is 0.159. The number of nitrogens with zero attached hydrogens (tertiary/aromatic N) is 1. The Balaban J connectivity index is 2.04. The Hall–Kier alpha value is -0.960. The Morgan fingerprint density at radius 3 is 2.45 bits per heavy atom. The van der Waals surface area contributed by atoms with Gasteiger partial charge in [-0.15, -0.1) is 0 Å². The maximum atomic E-state index is 12.4. The Morgan fingerprint density at radius 2 is 1.91 bits per heavy atom. The second kappa shape index (κ2) is 8.05. The van der Waals surface area contributed by atoms with E-state index in [4.69, 9.17) is 0 Å². The van der Waals surface area contributed by atoms with Gasteiger partial charge in [0.2, 0.25) is 0 Å². The second-order valence-corrected chi connectivity index (χ2v) is 8.00. The van der Waals surface area contributed by atoms with Gasteiger partial charge in [-0.05, 0) is 35.2 Å². The van der Waals surface area contributed by atoms with Crippen molar-refractivity contribution in [2.75, 3.05) is 13.1 Å². The number of aliphatic carboxylic acids is 1. The van der Waals surface area contributed by atoms with Crippen LogP contribution < -0.4 is 4.72 Å². The first-order valence-corrected chi connectivity index (χ1v) is 9.88. The zero-order valence-corrected chi connectivity index (χ0v) is 14.0. The molecule has 0 radical (unpaired) electrons. The summed E-state index contributed by atoms with van der Waals surface area (Å²) in [5.74, 6) is -1.15. The Morgan fingerprint density at radius 1 is 1.27 bits per heavy atom. The summed E-state index contributed by atoms with van der Waals surface area (Å²) >= 11 is 1.46. The molecule has 1 aromatic rings. The zero-order valence-electron chi connectivity index (χ0n) is 12.4. The Labute approximate surface area is 135 Å². The van der Waals surface area contributed by atoms with Gasteiger partial charge in [-0.1, -0.05) is 19.3 Å². The molecule has 1 aliphatic heterocycles. The maximum absolute atomic E-state index is 12.4. The van der Waals surface area contributed by atoms with Gasteiger partial charge in [0.15, 0.2) is 0 Å². The van der Waals surface area contributed by atoms with Crippen molar-refractivity contribution in [1.82, 2.24) is 9.03 Å². The summed E-state index contributed by atoms with van der Waals surface area (Å²) in [6.07, 6.45) is 4.97. The van der Waals surface area contributed by atoms with Crippen molar-refractivity contribution in [3.05, 3.63) is 22.4 Å². The van der Waals surface area contributed by atoms with Gasteiger partial charge in [0.1, 0.15) is 6.04 Å². The van der Waals surface area contributed by atoms with E-state index in [0.717, 1.165) is 37.7 Å². The minimum atomic E-state index is -3.76. The first-order valence-electron chi connectivity index (χ1n) is 7.50. The van der Waals surface area contributed by atoms with E-state index in [1.165, 1.54) is 15.6 Å². The third kappa shape index (κ3) is 5.05. The Bertz CT molecular complexity index is 564. The molecule has 1 aliphatic rings. The third-order valence-corrected chi connectivity index (χ3v) is 6.12. The van der Waals surface area contributed by atoms with Crippen LogP contribution in [0.4, 0.5) is 0 Å². The molecule has 0 aromatic carbocycles. The van der Waals surface area contributed by atoms with E-state index in [0.29, 0.717) is 13.1 Å². The number of carboxylic acids is 1. The largest absolute Gasteiger partial charge is 0.480 e. The lowest BCUT2D eigenvalue weighted by molar-refractivity contribution is -0.138. The molecular formula is C14H22N2O4S2.